The quantitative estimate of drug-likeness (QED) is 0.660. The van der Waals surface area contributed by atoms with Crippen LogP contribution in [-0.4, -0.2) is 0 Å². The lowest BCUT2D eigenvalue weighted by atomic mass is 9.93. The summed E-state index contributed by atoms with van der Waals surface area (Å²) in [4.78, 5) is 0. The van der Waals surface area contributed by atoms with Crippen molar-refractivity contribution in [2.24, 2.45) is 0 Å². The van der Waals surface area contributed by atoms with E-state index in [9.17, 15) is 0 Å². The summed E-state index contributed by atoms with van der Waals surface area (Å²) in [6, 6.07) is 15.3. The highest BCUT2D eigenvalue weighted by Gasteiger charge is 2.22. The minimum absolute atomic E-state index is 0.472. The van der Waals surface area contributed by atoms with Crippen molar-refractivity contribution < 1.29 is 0 Å². The lowest BCUT2D eigenvalue weighted by Gasteiger charge is -2.12. The van der Waals surface area contributed by atoms with Crippen LogP contribution in [0.4, 0.5) is 0 Å². The number of aryl methyl sites for hydroxylation is 1. The predicted octanol–water partition coefficient (Wildman–Crippen LogP) is 5.42. The van der Waals surface area contributed by atoms with Crippen LogP contribution in [0.3, 0.4) is 0 Å². The van der Waals surface area contributed by atoms with Gasteiger partial charge in [0.05, 0.1) is 0 Å². The fraction of sp³-hybridized carbons (Fsp3) is 0.176. The molecule has 3 rings (SSSR count). The molecule has 1 aliphatic rings. The maximum Gasteiger partial charge on any atom is 0.0178 e. The van der Waals surface area contributed by atoms with E-state index in [-0.39, 0.29) is 0 Å². The second-order valence-corrected chi connectivity index (χ2v) is 5.88. The van der Waals surface area contributed by atoms with Crippen molar-refractivity contribution in [2.75, 3.05) is 0 Å². The smallest absolute Gasteiger partial charge is 0.0178 e. The zero-order valence-corrected chi connectivity index (χ0v) is 12.2. The van der Waals surface area contributed by atoms with E-state index in [1.807, 2.05) is 0 Å². The third-order valence-electron chi connectivity index (χ3n) is 3.68. The van der Waals surface area contributed by atoms with E-state index in [1.54, 1.807) is 0 Å². The van der Waals surface area contributed by atoms with Gasteiger partial charge >= 0.3 is 0 Å². The number of benzene rings is 2. The maximum absolute atomic E-state index is 3.55. The molecule has 0 spiro atoms. The van der Waals surface area contributed by atoms with Crippen molar-refractivity contribution in [1.29, 1.82) is 0 Å². The molecule has 90 valence electrons. The maximum atomic E-state index is 3.55. The molecule has 2 aromatic rings. The van der Waals surface area contributed by atoms with Crippen LogP contribution in [0.1, 0.15) is 35.1 Å². The molecular weight excluding hydrogens is 284 g/mol. The highest BCUT2D eigenvalue weighted by atomic mass is 79.9. The van der Waals surface area contributed by atoms with E-state index in [0.29, 0.717) is 5.92 Å². The monoisotopic (exact) mass is 298 g/mol. The number of hydrogen-bond donors (Lipinski definition) is 0. The second-order valence-electron chi connectivity index (χ2n) is 4.96. The summed E-state index contributed by atoms with van der Waals surface area (Å²) in [7, 11) is 0. The number of fused-ring (bicyclic) bond motifs is 1. The second kappa shape index (κ2) is 4.40. The molecule has 0 heterocycles. The Kier molecular flexibility index (Phi) is 2.87. The molecule has 0 N–H and O–H groups in total. The molecule has 0 aliphatic heterocycles. The Labute approximate surface area is 116 Å². The molecule has 18 heavy (non-hydrogen) atoms. The summed E-state index contributed by atoms with van der Waals surface area (Å²) < 4.78 is 1.16. The van der Waals surface area contributed by atoms with Gasteiger partial charge in [0, 0.05) is 10.4 Å². The van der Waals surface area contributed by atoms with Gasteiger partial charge in [0.25, 0.3) is 0 Å². The van der Waals surface area contributed by atoms with Crippen LogP contribution >= 0.6 is 15.9 Å². The van der Waals surface area contributed by atoms with Crippen LogP contribution < -0.4 is 0 Å². The van der Waals surface area contributed by atoms with E-state index in [4.69, 9.17) is 0 Å². The van der Waals surface area contributed by atoms with Crippen LogP contribution in [0.15, 0.2) is 46.9 Å². The van der Waals surface area contributed by atoms with Crippen molar-refractivity contribution in [3.63, 3.8) is 0 Å². The van der Waals surface area contributed by atoms with Crippen molar-refractivity contribution in [2.45, 2.75) is 19.8 Å². The molecule has 0 saturated heterocycles. The average molecular weight is 299 g/mol. The molecule has 1 atom stereocenters. The Hall–Kier alpha value is -1.34. The Morgan fingerprint density at radius 2 is 1.72 bits per heavy atom. The Bertz CT molecular complexity index is 621. The fourth-order valence-corrected chi connectivity index (χ4v) is 2.97. The molecule has 1 aliphatic carbocycles. The standard InChI is InChI=1S/C17H15Br/c1-11-3-5-13(6-4-11)16-9-14-7-8-15(18)10-17(14)12(16)2/h3-10,12H,1-2H3. The summed E-state index contributed by atoms with van der Waals surface area (Å²) in [5.41, 5.74) is 6.83. The van der Waals surface area contributed by atoms with Gasteiger partial charge in [-0.3, -0.25) is 0 Å². The third-order valence-corrected chi connectivity index (χ3v) is 4.17. The minimum Gasteiger partial charge on any atom is -0.0587 e. The van der Waals surface area contributed by atoms with E-state index in [2.05, 4.69) is 78.3 Å². The number of rotatable bonds is 1. The average Bonchev–Trinajstić information content (AvgIpc) is 2.68. The van der Waals surface area contributed by atoms with Gasteiger partial charge < -0.3 is 0 Å². The molecule has 0 saturated carbocycles. The molecule has 2 aromatic carbocycles. The first-order chi connectivity index (χ1) is 8.65. The SMILES string of the molecule is Cc1ccc(C2=Cc3ccc(Br)cc3C2C)cc1. The molecule has 0 nitrogen and oxygen atoms in total. The molecule has 0 bridgehead atoms. The van der Waals surface area contributed by atoms with Crippen molar-refractivity contribution in [3.05, 3.63) is 69.2 Å². The van der Waals surface area contributed by atoms with Gasteiger partial charge in [0.1, 0.15) is 0 Å². The van der Waals surface area contributed by atoms with Crippen molar-refractivity contribution in [1.82, 2.24) is 0 Å². The normalized spacial score (nSPS) is 17.5. The zero-order valence-electron chi connectivity index (χ0n) is 10.6. The molecule has 1 heteroatoms. The Balaban J connectivity index is 2.05. The van der Waals surface area contributed by atoms with Gasteiger partial charge in [0.2, 0.25) is 0 Å². The van der Waals surface area contributed by atoms with E-state index in [0.717, 1.165) is 4.47 Å². The molecule has 0 radical (unpaired) electrons. The summed E-state index contributed by atoms with van der Waals surface area (Å²) >= 11 is 3.55. The van der Waals surface area contributed by atoms with Gasteiger partial charge in [-0.25, -0.2) is 0 Å². The van der Waals surface area contributed by atoms with E-state index in [1.165, 1.54) is 27.8 Å². The lowest BCUT2D eigenvalue weighted by Crippen LogP contribution is -1.93. The molecule has 1 unspecified atom stereocenters. The number of allylic oxidation sites excluding steroid dienone is 1. The number of halogens is 1. The van der Waals surface area contributed by atoms with Gasteiger partial charge in [-0.05, 0) is 41.3 Å². The van der Waals surface area contributed by atoms with E-state index < -0.39 is 0 Å². The summed E-state index contributed by atoms with van der Waals surface area (Å²) in [5.74, 6) is 0.472. The Morgan fingerprint density at radius 1 is 1.00 bits per heavy atom. The molecule has 0 aromatic heterocycles. The fourth-order valence-electron chi connectivity index (χ4n) is 2.59. The van der Waals surface area contributed by atoms with Crippen LogP contribution in [0, 0.1) is 6.92 Å². The predicted molar refractivity (Wildman–Crippen MR) is 81.6 cm³/mol. The first-order valence-electron chi connectivity index (χ1n) is 6.23. The highest BCUT2D eigenvalue weighted by molar-refractivity contribution is 9.10. The van der Waals surface area contributed by atoms with Gasteiger partial charge in [-0.1, -0.05) is 64.8 Å². The van der Waals surface area contributed by atoms with Crippen molar-refractivity contribution in [3.8, 4) is 0 Å². The van der Waals surface area contributed by atoms with Crippen LogP contribution in [0.5, 0.6) is 0 Å². The molecule has 0 fully saturated rings. The largest absolute Gasteiger partial charge is 0.0587 e. The summed E-state index contributed by atoms with van der Waals surface area (Å²) in [6.07, 6.45) is 2.32. The lowest BCUT2D eigenvalue weighted by molar-refractivity contribution is 1.01. The summed E-state index contributed by atoms with van der Waals surface area (Å²) in [5, 5.41) is 0. The number of hydrogen-bond acceptors (Lipinski definition) is 0. The highest BCUT2D eigenvalue weighted by Crippen LogP contribution is 2.42. The zero-order chi connectivity index (χ0) is 12.7. The van der Waals surface area contributed by atoms with Crippen LogP contribution in [-0.2, 0) is 0 Å². The molecular formula is C17H15Br. The third kappa shape index (κ3) is 1.93. The van der Waals surface area contributed by atoms with Gasteiger partial charge in [0.15, 0.2) is 0 Å². The molecule has 0 amide bonds. The van der Waals surface area contributed by atoms with Gasteiger partial charge in [-0.15, -0.1) is 0 Å². The van der Waals surface area contributed by atoms with Crippen LogP contribution in [0.2, 0.25) is 0 Å². The topological polar surface area (TPSA) is 0 Å². The first-order valence-corrected chi connectivity index (χ1v) is 7.02. The summed E-state index contributed by atoms with van der Waals surface area (Å²) in [6.45, 7) is 4.41. The van der Waals surface area contributed by atoms with Gasteiger partial charge in [-0.2, -0.15) is 0 Å². The van der Waals surface area contributed by atoms with Crippen LogP contribution in [0.25, 0.3) is 11.6 Å². The van der Waals surface area contributed by atoms with Crippen molar-refractivity contribution >= 4 is 27.6 Å². The first kappa shape index (κ1) is 11.7. The van der Waals surface area contributed by atoms with E-state index >= 15 is 0 Å². The minimum atomic E-state index is 0.472. The Morgan fingerprint density at radius 3 is 2.44 bits per heavy atom.